The summed E-state index contributed by atoms with van der Waals surface area (Å²) in [5.74, 6) is -0.540. The maximum absolute atomic E-state index is 14.4. The fraction of sp³-hybridized carbons (Fsp3) is 0.533. The maximum atomic E-state index is 14.4. The summed E-state index contributed by atoms with van der Waals surface area (Å²) in [6, 6.07) is 3.53. The minimum atomic E-state index is -0.462. The lowest BCUT2D eigenvalue weighted by molar-refractivity contribution is -0.119. The van der Waals surface area contributed by atoms with E-state index in [-0.39, 0.29) is 17.5 Å². The highest BCUT2D eigenvalue weighted by Crippen LogP contribution is 2.34. The molecule has 0 spiro atoms. The van der Waals surface area contributed by atoms with E-state index in [4.69, 9.17) is 16.3 Å². The van der Waals surface area contributed by atoms with Crippen LogP contribution in [0.25, 0.3) is 0 Å². The molecule has 0 unspecified atom stereocenters. The van der Waals surface area contributed by atoms with Crippen molar-refractivity contribution in [2.75, 3.05) is 43.1 Å². The fourth-order valence-corrected chi connectivity index (χ4v) is 2.61. The second-order valence-corrected chi connectivity index (χ2v) is 5.96. The number of anilines is 2. The summed E-state index contributed by atoms with van der Waals surface area (Å²) in [6.45, 7) is 2.41. The molecule has 1 aliphatic heterocycles. The molecule has 1 aromatic rings. The van der Waals surface area contributed by atoms with Crippen LogP contribution in [-0.2, 0) is 9.53 Å². The van der Waals surface area contributed by atoms with Gasteiger partial charge >= 0.3 is 0 Å². The third-order valence-electron chi connectivity index (χ3n) is 3.78. The number of hydrogen-bond acceptors (Lipinski definition) is 4. The van der Waals surface area contributed by atoms with Crippen molar-refractivity contribution in [2.24, 2.45) is 0 Å². The Hall–Kier alpha value is -1.53. The summed E-state index contributed by atoms with van der Waals surface area (Å²) in [4.78, 5) is 13.7. The lowest BCUT2D eigenvalue weighted by Gasteiger charge is -2.31. The Balaban J connectivity index is 1.73. The number of halogens is 2. The van der Waals surface area contributed by atoms with Crippen LogP contribution in [0, 0.1) is 5.82 Å². The number of ether oxygens (including phenoxy) is 1. The van der Waals surface area contributed by atoms with Crippen LogP contribution in [0.1, 0.15) is 12.8 Å². The van der Waals surface area contributed by atoms with Crippen molar-refractivity contribution < 1.29 is 13.9 Å². The molecule has 2 N–H and O–H groups in total. The highest BCUT2D eigenvalue weighted by Gasteiger charge is 2.24. The molecule has 2 aliphatic rings. The average molecular weight is 328 g/mol. The molecule has 1 heterocycles. The Morgan fingerprint density at radius 2 is 2.09 bits per heavy atom. The first-order chi connectivity index (χ1) is 10.6. The van der Waals surface area contributed by atoms with E-state index in [0.717, 1.165) is 12.8 Å². The van der Waals surface area contributed by atoms with E-state index in [1.54, 1.807) is 6.07 Å². The van der Waals surface area contributed by atoms with Crippen molar-refractivity contribution in [3.05, 3.63) is 23.0 Å². The molecule has 7 heteroatoms. The van der Waals surface area contributed by atoms with Gasteiger partial charge in [-0.1, -0.05) is 11.6 Å². The van der Waals surface area contributed by atoms with Crippen molar-refractivity contribution in [3.8, 4) is 0 Å². The lowest BCUT2D eigenvalue weighted by atomic mass is 10.2. The van der Waals surface area contributed by atoms with E-state index in [0.29, 0.717) is 43.7 Å². The van der Waals surface area contributed by atoms with Gasteiger partial charge < -0.3 is 20.3 Å². The van der Waals surface area contributed by atoms with Crippen molar-refractivity contribution in [3.63, 3.8) is 0 Å². The summed E-state index contributed by atoms with van der Waals surface area (Å²) in [6.07, 6.45) is 2.08. The molecule has 1 aromatic carbocycles. The van der Waals surface area contributed by atoms with Crippen molar-refractivity contribution in [1.29, 1.82) is 0 Å². The zero-order chi connectivity index (χ0) is 15.5. The topological polar surface area (TPSA) is 53.6 Å². The summed E-state index contributed by atoms with van der Waals surface area (Å²) in [5, 5.41) is 5.99. The fourth-order valence-electron chi connectivity index (χ4n) is 2.46. The smallest absolute Gasteiger partial charge is 0.239 e. The predicted octanol–water partition coefficient (Wildman–Crippen LogP) is 2.01. The van der Waals surface area contributed by atoms with E-state index in [1.165, 1.54) is 6.07 Å². The van der Waals surface area contributed by atoms with Gasteiger partial charge in [0, 0.05) is 19.1 Å². The van der Waals surface area contributed by atoms with Crippen LogP contribution in [0.15, 0.2) is 12.1 Å². The van der Waals surface area contributed by atoms with Crippen molar-refractivity contribution in [2.45, 2.75) is 18.9 Å². The van der Waals surface area contributed by atoms with E-state index in [2.05, 4.69) is 10.6 Å². The summed E-state index contributed by atoms with van der Waals surface area (Å²) >= 11 is 5.90. The Morgan fingerprint density at radius 3 is 2.77 bits per heavy atom. The number of hydrogen-bond donors (Lipinski definition) is 2. The van der Waals surface area contributed by atoms with Crippen LogP contribution in [0.2, 0.25) is 5.02 Å². The monoisotopic (exact) mass is 327 g/mol. The molecule has 2 fully saturated rings. The molecule has 22 heavy (non-hydrogen) atoms. The molecule has 0 aromatic heterocycles. The molecule has 1 saturated heterocycles. The van der Waals surface area contributed by atoms with E-state index >= 15 is 0 Å². The first-order valence-corrected chi connectivity index (χ1v) is 7.87. The second kappa shape index (κ2) is 6.71. The number of morpholine rings is 1. The van der Waals surface area contributed by atoms with E-state index in [1.807, 2.05) is 4.90 Å². The third-order valence-corrected chi connectivity index (χ3v) is 4.07. The molecule has 1 amide bonds. The first-order valence-electron chi connectivity index (χ1n) is 7.49. The molecule has 0 bridgehead atoms. The van der Waals surface area contributed by atoms with Crippen LogP contribution in [0.3, 0.4) is 0 Å². The van der Waals surface area contributed by atoms with E-state index in [9.17, 15) is 9.18 Å². The van der Waals surface area contributed by atoms with Gasteiger partial charge in [0.15, 0.2) is 5.82 Å². The Bertz CT molecular complexity index is 560. The number of amides is 1. The number of carbonyl (C=O) groups excluding carboxylic acids is 1. The number of nitrogens with zero attached hydrogens (tertiary/aromatic N) is 1. The number of nitrogens with one attached hydrogen (secondary N) is 2. The average Bonchev–Trinajstić information content (AvgIpc) is 3.33. The molecule has 1 saturated carbocycles. The van der Waals surface area contributed by atoms with Crippen molar-refractivity contribution >= 4 is 28.9 Å². The summed E-state index contributed by atoms with van der Waals surface area (Å²) in [5.41, 5.74) is 0.991. The number of rotatable bonds is 5. The molecule has 0 radical (unpaired) electrons. The normalized spacial score (nSPS) is 18.2. The van der Waals surface area contributed by atoms with Gasteiger partial charge in [0.25, 0.3) is 0 Å². The zero-order valence-corrected chi connectivity index (χ0v) is 13.0. The Labute approximate surface area is 133 Å². The zero-order valence-electron chi connectivity index (χ0n) is 12.2. The molecule has 0 atom stereocenters. The minimum absolute atomic E-state index is 0.0780. The Kier molecular flexibility index (Phi) is 4.69. The van der Waals surface area contributed by atoms with Gasteiger partial charge in [-0.25, -0.2) is 4.39 Å². The quantitative estimate of drug-likeness (QED) is 0.868. The molecule has 1 aliphatic carbocycles. The van der Waals surface area contributed by atoms with Gasteiger partial charge in [-0.15, -0.1) is 0 Å². The van der Waals surface area contributed by atoms with Gasteiger partial charge in [0.05, 0.1) is 36.2 Å². The van der Waals surface area contributed by atoms with Crippen molar-refractivity contribution in [1.82, 2.24) is 5.32 Å². The maximum Gasteiger partial charge on any atom is 0.239 e. The number of carbonyl (C=O) groups is 1. The van der Waals surface area contributed by atoms with Gasteiger partial charge in [0.1, 0.15) is 0 Å². The Morgan fingerprint density at radius 1 is 1.36 bits per heavy atom. The minimum Gasteiger partial charge on any atom is -0.378 e. The van der Waals surface area contributed by atoms with Crippen LogP contribution in [0.5, 0.6) is 0 Å². The first kappa shape index (κ1) is 15.4. The molecule has 5 nitrogen and oxygen atoms in total. The van der Waals surface area contributed by atoms with Gasteiger partial charge in [0.2, 0.25) is 5.91 Å². The van der Waals surface area contributed by atoms with Crippen LogP contribution < -0.4 is 15.5 Å². The third kappa shape index (κ3) is 3.62. The SMILES string of the molecule is O=C(CNc1ccc(Cl)c(F)c1N1CCOCC1)NC1CC1. The molecule has 3 rings (SSSR count). The molecular formula is C15H19ClFN3O2. The van der Waals surface area contributed by atoms with Crippen LogP contribution in [-0.4, -0.2) is 44.8 Å². The van der Waals surface area contributed by atoms with Crippen LogP contribution in [0.4, 0.5) is 15.8 Å². The summed E-state index contributed by atoms with van der Waals surface area (Å²) < 4.78 is 19.7. The molecule has 120 valence electrons. The predicted molar refractivity (Wildman–Crippen MR) is 84.1 cm³/mol. The highest BCUT2D eigenvalue weighted by molar-refractivity contribution is 6.31. The second-order valence-electron chi connectivity index (χ2n) is 5.55. The van der Waals surface area contributed by atoms with Gasteiger partial charge in [-0.3, -0.25) is 4.79 Å². The molecular weight excluding hydrogens is 309 g/mol. The largest absolute Gasteiger partial charge is 0.378 e. The standard InChI is InChI=1S/C15H19ClFN3O2/c16-11-3-4-12(18-9-13(21)19-10-1-2-10)15(14(11)17)20-5-7-22-8-6-20/h3-4,10,18H,1-2,5-9H2,(H,19,21). The van der Waals surface area contributed by atoms with E-state index < -0.39 is 5.82 Å². The number of benzene rings is 1. The van der Waals surface area contributed by atoms with Gasteiger partial charge in [-0.2, -0.15) is 0 Å². The van der Waals surface area contributed by atoms with Gasteiger partial charge in [-0.05, 0) is 25.0 Å². The lowest BCUT2D eigenvalue weighted by Crippen LogP contribution is -2.37. The van der Waals surface area contributed by atoms with Crippen LogP contribution >= 0.6 is 11.6 Å². The summed E-state index contributed by atoms with van der Waals surface area (Å²) in [7, 11) is 0. The highest BCUT2D eigenvalue weighted by atomic mass is 35.5.